The summed E-state index contributed by atoms with van der Waals surface area (Å²) in [6.45, 7) is 1.83. The zero-order valence-electron chi connectivity index (χ0n) is 12.1. The normalized spacial score (nSPS) is 20.2. The summed E-state index contributed by atoms with van der Waals surface area (Å²) >= 11 is 13.1. The van der Waals surface area contributed by atoms with Gasteiger partial charge in [0.05, 0.1) is 16.3 Å². The Morgan fingerprint density at radius 1 is 1.22 bits per heavy atom. The van der Waals surface area contributed by atoms with Crippen LogP contribution in [0.1, 0.15) is 21.5 Å². The number of benzene rings is 2. The maximum atomic E-state index is 13.1. The van der Waals surface area contributed by atoms with Crippen molar-refractivity contribution in [1.82, 2.24) is 0 Å². The number of hydrogen-bond acceptors (Lipinski definition) is 2. The van der Waals surface area contributed by atoms with Crippen LogP contribution in [-0.4, -0.2) is 16.0 Å². The van der Waals surface area contributed by atoms with Crippen molar-refractivity contribution in [2.75, 3.05) is 5.32 Å². The van der Waals surface area contributed by atoms with Gasteiger partial charge in [0, 0.05) is 10.9 Å². The van der Waals surface area contributed by atoms with Crippen LogP contribution in [0, 0.1) is 6.92 Å². The Bertz CT molecular complexity index is 823. The van der Waals surface area contributed by atoms with Crippen molar-refractivity contribution in [2.24, 2.45) is 0 Å². The number of halogens is 3. The molecule has 0 aromatic heterocycles. The number of Topliss-reactive ketones (excluding diaryl/α,β-unsaturated/α-hetero) is 1. The molecule has 0 bridgehead atoms. The third kappa shape index (κ3) is 2.75. The average Bonchev–Trinajstić information content (AvgIpc) is 2.52. The Hall–Kier alpha value is -1.17. The molecule has 1 aliphatic rings. The monoisotopic (exact) mass is 455 g/mol. The van der Waals surface area contributed by atoms with Gasteiger partial charge < -0.3 is 5.32 Å². The molecule has 1 aliphatic heterocycles. The first-order valence-corrected chi connectivity index (χ1v) is 8.88. The van der Waals surface area contributed by atoms with E-state index in [4.69, 9.17) is 11.6 Å². The van der Waals surface area contributed by atoms with Crippen LogP contribution < -0.4 is 5.32 Å². The molecule has 1 heterocycles. The fraction of sp³-hybridized carbons (Fsp3) is 0.176. The molecule has 1 amide bonds. The number of rotatable bonds is 2. The van der Waals surface area contributed by atoms with Gasteiger partial charge in [-0.2, -0.15) is 0 Å². The molecule has 0 saturated carbocycles. The molecule has 0 fully saturated rings. The van der Waals surface area contributed by atoms with E-state index in [9.17, 15) is 9.59 Å². The van der Waals surface area contributed by atoms with Gasteiger partial charge in [0.25, 0.3) is 0 Å². The minimum atomic E-state index is -1.36. The highest BCUT2D eigenvalue weighted by atomic mass is 79.9. The number of alkyl halides is 1. The Morgan fingerprint density at radius 2 is 1.87 bits per heavy atom. The van der Waals surface area contributed by atoms with Gasteiger partial charge in [0.15, 0.2) is 10.1 Å². The molecule has 0 saturated heterocycles. The number of nitrogens with one attached hydrogen (secondary N) is 1. The molecule has 2 aromatic rings. The largest absolute Gasteiger partial charge is 0.323 e. The number of anilines is 1. The molecule has 1 N–H and O–H groups in total. The molecule has 0 radical (unpaired) electrons. The van der Waals surface area contributed by atoms with E-state index < -0.39 is 4.32 Å². The highest BCUT2D eigenvalue weighted by Gasteiger charge is 2.49. The lowest BCUT2D eigenvalue weighted by Crippen LogP contribution is -2.50. The first-order chi connectivity index (χ1) is 10.8. The molecule has 2 aromatic carbocycles. The van der Waals surface area contributed by atoms with Crippen LogP contribution in [0.15, 0.2) is 40.9 Å². The van der Waals surface area contributed by atoms with Crippen molar-refractivity contribution in [3.63, 3.8) is 0 Å². The minimum absolute atomic E-state index is 0.250. The lowest BCUT2D eigenvalue weighted by Gasteiger charge is -2.32. The summed E-state index contributed by atoms with van der Waals surface area (Å²) in [6.07, 6.45) is 0.250. The van der Waals surface area contributed by atoms with E-state index in [1.54, 1.807) is 6.07 Å². The predicted octanol–water partition coefficient (Wildman–Crippen LogP) is 4.92. The first-order valence-electron chi connectivity index (χ1n) is 6.92. The molecule has 0 spiro atoms. The van der Waals surface area contributed by atoms with E-state index >= 15 is 0 Å². The van der Waals surface area contributed by atoms with Crippen molar-refractivity contribution >= 4 is 60.8 Å². The molecule has 118 valence electrons. The van der Waals surface area contributed by atoms with E-state index in [0.717, 1.165) is 11.1 Å². The Morgan fingerprint density at radius 3 is 2.52 bits per heavy atom. The lowest BCUT2D eigenvalue weighted by atomic mass is 9.85. The molecule has 23 heavy (non-hydrogen) atoms. The van der Waals surface area contributed by atoms with Crippen LogP contribution in [0.4, 0.5) is 5.69 Å². The van der Waals surface area contributed by atoms with E-state index in [0.29, 0.717) is 20.7 Å². The topological polar surface area (TPSA) is 46.2 Å². The second kappa shape index (κ2) is 6.04. The third-order valence-electron chi connectivity index (χ3n) is 3.89. The lowest BCUT2D eigenvalue weighted by molar-refractivity contribution is -0.117. The molecule has 1 unspecified atom stereocenters. The number of aryl methyl sites for hydroxylation is 1. The number of carbonyl (C=O) groups excluding carboxylic acids is 2. The van der Waals surface area contributed by atoms with Crippen molar-refractivity contribution < 1.29 is 9.59 Å². The van der Waals surface area contributed by atoms with Crippen LogP contribution in [0.25, 0.3) is 0 Å². The summed E-state index contributed by atoms with van der Waals surface area (Å²) in [5.41, 5.74) is 2.49. The Labute approximate surface area is 155 Å². The predicted molar refractivity (Wildman–Crippen MR) is 98.7 cm³/mol. The second-order valence-corrected chi connectivity index (χ2v) is 8.07. The molecular formula is C17H12Br2ClNO2. The first kappa shape index (κ1) is 16.7. The van der Waals surface area contributed by atoms with E-state index in [1.807, 2.05) is 37.3 Å². The Balaban J connectivity index is 2.12. The highest BCUT2D eigenvalue weighted by molar-refractivity contribution is 9.10. The average molecular weight is 458 g/mol. The van der Waals surface area contributed by atoms with Gasteiger partial charge in [-0.15, -0.1) is 0 Å². The quantitative estimate of drug-likeness (QED) is 0.514. The minimum Gasteiger partial charge on any atom is -0.323 e. The van der Waals surface area contributed by atoms with E-state index in [-0.39, 0.29) is 18.1 Å². The fourth-order valence-corrected chi connectivity index (χ4v) is 4.08. The molecular weight excluding hydrogens is 445 g/mol. The van der Waals surface area contributed by atoms with Crippen molar-refractivity contribution in [3.8, 4) is 0 Å². The van der Waals surface area contributed by atoms with Crippen LogP contribution in [0.5, 0.6) is 0 Å². The Kier molecular flexibility index (Phi) is 4.38. The number of carbonyl (C=O) groups is 2. The second-order valence-electron chi connectivity index (χ2n) is 5.49. The van der Waals surface area contributed by atoms with Gasteiger partial charge in [-0.05, 0) is 40.0 Å². The number of amides is 1. The summed E-state index contributed by atoms with van der Waals surface area (Å²) in [7, 11) is 0. The van der Waals surface area contributed by atoms with E-state index in [1.165, 1.54) is 0 Å². The number of ketones is 1. The maximum Gasteiger partial charge on any atom is 0.249 e. The highest BCUT2D eigenvalue weighted by Crippen LogP contribution is 2.43. The van der Waals surface area contributed by atoms with Gasteiger partial charge >= 0.3 is 0 Å². The zero-order chi connectivity index (χ0) is 16.8. The summed E-state index contributed by atoms with van der Waals surface area (Å²) < 4.78 is -0.729. The molecule has 6 heteroatoms. The van der Waals surface area contributed by atoms with Gasteiger partial charge in [-0.25, -0.2) is 0 Å². The van der Waals surface area contributed by atoms with Crippen molar-refractivity contribution in [1.29, 1.82) is 0 Å². The summed E-state index contributed by atoms with van der Waals surface area (Å²) in [5, 5.41) is 3.14. The SMILES string of the molecule is Cc1cc(Br)c(Cl)c2c1NC(=O)C(Br)(Cc1ccccc1)C2=O. The smallest absolute Gasteiger partial charge is 0.249 e. The maximum absolute atomic E-state index is 13.1. The summed E-state index contributed by atoms with van der Waals surface area (Å²) in [6, 6.07) is 11.2. The fourth-order valence-electron chi connectivity index (χ4n) is 2.68. The standard InChI is InChI=1S/C17H12Br2ClNO2/c1-9-7-11(18)13(20)12-14(9)21-16(23)17(19,15(12)22)8-10-5-3-2-4-6-10/h2-7H,8H2,1H3,(H,21,23). The summed E-state index contributed by atoms with van der Waals surface area (Å²) in [5.74, 6) is -0.699. The molecule has 3 nitrogen and oxygen atoms in total. The van der Waals surface area contributed by atoms with Gasteiger partial charge in [0.1, 0.15) is 0 Å². The van der Waals surface area contributed by atoms with Gasteiger partial charge in [-0.3, -0.25) is 9.59 Å². The van der Waals surface area contributed by atoms with E-state index in [2.05, 4.69) is 37.2 Å². The van der Waals surface area contributed by atoms with Crippen molar-refractivity contribution in [2.45, 2.75) is 17.7 Å². The molecule has 1 atom stereocenters. The van der Waals surface area contributed by atoms with Crippen LogP contribution >= 0.6 is 43.5 Å². The summed E-state index contributed by atoms with van der Waals surface area (Å²) in [4.78, 5) is 25.7. The zero-order valence-corrected chi connectivity index (χ0v) is 16.0. The van der Waals surface area contributed by atoms with Crippen LogP contribution in [0.2, 0.25) is 5.02 Å². The number of hydrogen-bond donors (Lipinski definition) is 1. The number of fused-ring (bicyclic) bond motifs is 1. The molecule has 0 aliphatic carbocycles. The molecule has 3 rings (SSSR count). The van der Waals surface area contributed by atoms with Crippen molar-refractivity contribution in [3.05, 3.63) is 62.6 Å². The van der Waals surface area contributed by atoms with Crippen LogP contribution in [0.3, 0.4) is 0 Å². The van der Waals surface area contributed by atoms with Crippen LogP contribution in [-0.2, 0) is 11.2 Å². The van der Waals surface area contributed by atoms with Gasteiger partial charge in [-0.1, -0.05) is 57.9 Å². The van der Waals surface area contributed by atoms with Gasteiger partial charge in [0.2, 0.25) is 5.91 Å². The third-order valence-corrected chi connectivity index (χ3v) is 6.14.